The highest BCUT2D eigenvalue weighted by Crippen LogP contribution is 2.22. The van der Waals surface area contributed by atoms with Crippen LogP contribution in [0.3, 0.4) is 0 Å². The van der Waals surface area contributed by atoms with Gasteiger partial charge in [0.15, 0.2) is 0 Å². The lowest BCUT2D eigenvalue weighted by Gasteiger charge is -2.22. The average molecular weight is 246 g/mol. The van der Waals surface area contributed by atoms with Gasteiger partial charge in [0.05, 0.1) is 6.54 Å². The Bertz CT molecular complexity index is 354. The molecule has 5 heteroatoms. The number of aryl methyl sites for hydroxylation is 2. The molecule has 0 spiro atoms. The lowest BCUT2D eigenvalue weighted by Crippen LogP contribution is -2.36. The van der Waals surface area contributed by atoms with Crippen LogP contribution in [0.1, 0.15) is 22.7 Å². The Kier molecular flexibility index (Phi) is 4.54. The molecular formula is C12H17F3N2. The number of halogens is 3. The number of hydrogen-bond donors (Lipinski definition) is 2. The molecule has 0 amide bonds. The molecule has 2 nitrogen and oxygen atoms in total. The van der Waals surface area contributed by atoms with Gasteiger partial charge in [-0.2, -0.15) is 13.2 Å². The highest BCUT2D eigenvalue weighted by atomic mass is 19.4. The van der Waals surface area contributed by atoms with Crippen LogP contribution in [0.15, 0.2) is 18.2 Å². The zero-order valence-corrected chi connectivity index (χ0v) is 9.93. The van der Waals surface area contributed by atoms with Crippen LogP contribution in [0.4, 0.5) is 13.2 Å². The van der Waals surface area contributed by atoms with Gasteiger partial charge in [-0.1, -0.05) is 18.2 Å². The predicted molar refractivity (Wildman–Crippen MR) is 61.8 cm³/mol. The maximum Gasteiger partial charge on any atom is 0.401 e. The fraction of sp³-hybridized carbons (Fsp3) is 0.500. The summed E-state index contributed by atoms with van der Waals surface area (Å²) >= 11 is 0. The number of nitrogens with one attached hydrogen (secondary N) is 1. The maximum absolute atomic E-state index is 12.2. The van der Waals surface area contributed by atoms with E-state index in [0.29, 0.717) is 0 Å². The minimum Gasteiger partial charge on any atom is -0.329 e. The highest BCUT2D eigenvalue weighted by Gasteiger charge is 2.28. The van der Waals surface area contributed by atoms with Gasteiger partial charge in [0, 0.05) is 12.6 Å². The van der Waals surface area contributed by atoms with Crippen molar-refractivity contribution in [3.05, 3.63) is 34.9 Å². The van der Waals surface area contributed by atoms with Gasteiger partial charge < -0.3 is 11.1 Å². The third kappa shape index (κ3) is 4.02. The van der Waals surface area contributed by atoms with Crippen molar-refractivity contribution >= 4 is 0 Å². The highest BCUT2D eigenvalue weighted by molar-refractivity contribution is 5.36. The normalized spacial score (nSPS) is 13.8. The van der Waals surface area contributed by atoms with Gasteiger partial charge >= 0.3 is 6.18 Å². The van der Waals surface area contributed by atoms with E-state index in [0.717, 1.165) is 16.7 Å². The van der Waals surface area contributed by atoms with Crippen molar-refractivity contribution < 1.29 is 13.2 Å². The first kappa shape index (κ1) is 14.0. The zero-order valence-electron chi connectivity index (χ0n) is 9.93. The molecule has 0 aliphatic rings. The van der Waals surface area contributed by atoms with Crippen LogP contribution in [-0.2, 0) is 0 Å². The summed E-state index contributed by atoms with van der Waals surface area (Å²) in [7, 11) is 0. The first-order chi connectivity index (χ1) is 7.85. The van der Waals surface area contributed by atoms with E-state index in [1.54, 1.807) is 0 Å². The fourth-order valence-corrected chi connectivity index (χ4v) is 1.92. The molecule has 17 heavy (non-hydrogen) atoms. The summed E-state index contributed by atoms with van der Waals surface area (Å²) in [6.07, 6.45) is -4.22. The summed E-state index contributed by atoms with van der Waals surface area (Å²) in [4.78, 5) is 0. The Labute approximate surface area is 99.0 Å². The van der Waals surface area contributed by atoms with E-state index < -0.39 is 18.8 Å². The van der Waals surface area contributed by atoms with E-state index in [-0.39, 0.29) is 6.54 Å². The molecule has 1 aromatic rings. The minimum absolute atomic E-state index is 0.141. The van der Waals surface area contributed by atoms with Crippen LogP contribution >= 0.6 is 0 Å². The van der Waals surface area contributed by atoms with Crippen molar-refractivity contribution in [2.75, 3.05) is 13.1 Å². The molecule has 0 aliphatic carbocycles. The minimum atomic E-state index is -4.22. The van der Waals surface area contributed by atoms with Crippen molar-refractivity contribution in [3.8, 4) is 0 Å². The molecule has 0 bridgehead atoms. The van der Waals surface area contributed by atoms with E-state index in [9.17, 15) is 13.2 Å². The Morgan fingerprint density at radius 2 is 1.76 bits per heavy atom. The Hall–Kier alpha value is -1.07. The molecule has 1 atom stereocenters. The van der Waals surface area contributed by atoms with Crippen LogP contribution in [0, 0.1) is 13.8 Å². The van der Waals surface area contributed by atoms with Crippen molar-refractivity contribution in [2.45, 2.75) is 26.1 Å². The third-order valence-electron chi connectivity index (χ3n) is 2.68. The molecule has 0 saturated carbocycles. The fourth-order valence-electron chi connectivity index (χ4n) is 1.92. The monoisotopic (exact) mass is 246 g/mol. The summed E-state index contributed by atoms with van der Waals surface area (Å²) in [5.41, 5.74) is 8.31. The van der Waals surface area contributed by atoms with E-state index in [2.05, 4.69) is 5.32 Å². The summed E-state index contributed by atoms with van der Waals surface area (Å²) in [5.74, 6) is 0. The smallest absolute Gasteiger partial charge is 0.329 e. The van der Waals surface area contributed by atoms with Crippen LogP contribution in [0.5, 0.6) is 0 Å². The molecule has 1 aromatic carbocycles. The number of benzene rings is 1. The van der Waals surface area contributed by atoms with E-state index in [4.69, 9.17) is 5.73 Å². The summed E-state index contributed by atoms with van der Waals surface area (Å²) in [6.45, 7) is 2.87. The van der Waals surface area contributed by atoms with Crippen molar-refractivity contribution in [1.29, 1.82) is 0 Å². The van der Waals surface area contributed by atoms with Gasteiger partial charge in [0.2, 0.25) is 0 Å². The van der Waals surface area contributed by atoms with Gasteiger partial charge in [0.1, 0.15) is 0 Å². The molecule has 0 aromatic heterocycles. The first-order valence-electron chi connectivity index (χ1n) is 5.41. The van der Waals surface area contributed by atoms with Gasteiger partial charge in [0.25, 0.3) is 0 Å². The third-order valence-corrected chi connectivity index (χ3v) is 2.68. The quantitative estimate of drug-likeness (QED) is 0.856. The Morgan fingerprint density at radius 3 is 2.18 bits per heavy atom. The van der Waals surface area contributed by atoms with E-state index in [1.807, 2.05) is 32.0 Å². The van der Waals surface area contributed by atoms with Crippen molar-refractivity contribution in [3.63, 3.8) is 0 Å². The molecule has 1 unspecified atom stereocenters. The average Bonchev–Trinajstić information content (AvgIpc) is 2.21. The second-order valence-corrected chi connectivity index (χ2v) is 4.09. The largest absolute Gasteiger partial charge is 0.401 e. The standard InChI is InChI=1S/C12H17F3N2/c1-8-4-3-5-9(2)11(8)10(6-16)17-7-12(13,14)15/h3-5,10,17H,6-7,16H2,1-2H3. The topological polar surface area (TPSA) is 38.0 Å². The van der Waals surface area contributed by atoms with Crippen molar-refractivity contribution in [2.24, 2.45) is 5.73 Å². The molecule has 0 heterocycles. The Balaban J connectivity index is 2.87. The van der Waals surface area contributed by atoms with E-state index >= 15 is 0 Å². The summed E-state index contributed by atoms with van der Waals surface area (Å²) in [6, 6.07) is 5.17. The molecule has 0 fully saturated rings. The molecule has 96 valence electrons. The number of nitrogens with two attached hydrogens (primary N) is 1. The number of rotatable bonds is 4. The SMILES string of the molecule is Cc1cccc(C)c1C(CN)NCC(F)(F)F. The second kappa shape index (κ2) is 5.51. The first-order valence-corrected chi connectivity index (χ1v) is 5.41. The lowest BCUT2D eigenvalue weighted by molar-refractivity contribution is -0.126. The number of alkyl halides is 3. The van der Waals surface area contributed by atoms with Crippen LogP contribution in [0.25, 0.3) is 0 Å². The van der Waals surface area contributed by atoms with Gasteiger partial charge in [-0.15, -0.1) is 0 Å². The maximum atomic E-state index is 12.2. The Morgan fingerprint density at radius 1 is 1.24 bits per heavy atom. The van der Waals surface area contributed by atoms with E-state index in [1.165, 1.54) is 0 Å². The lowest BCUT2D eigenvalue weighted by atomic mass is 9.96. The predicted octanol–water partition coefficient (Wildman–Crippen LogP) is 2.46. The molecule has 0 aliphatic heterocycles. The molecule has 0 saturated heterocycles. The van der Waals surface area contributed by atoms with Crippen LogP contribution in [0.2, 0.25) is 0 Å². The zero-order chi connectivity index (χ0) is 13.1. The van der Waals surface area contributed by atoms with Gasteiger partial charge in [-0.3, -0.25) is 0 Å². The van der Waals surface area contributed by atoms with Crippen LogP contribution < -0.4 is 11.1 Å². The second-order valence-electron chi connectivity index (χ2n) is 4.09. The molecule has 0 radical (unpaired) electrons. The van der Waals surface area contributed by atoms with Crippen molar-refractivity contribution in [1.82, 2.24) is 5.32 Å². The van der Waals surface area contributed by atoms with Gasteiger partial charge in [-0.05, 0) is 30.5 Å². The molecular weight excluding hydrogens is 229 g/mol. The summed E-state index contributed by atoms with van der Waals surface area (Å²) in [5, 5.41) is 2.46. The summed E-state index contributed by atoms with van der Waals surface area (Å²) < 4.78 is 36.5. The molecule has 3 N–H and O–H groups in total. The number of hydrogen-bond acceptors (Lipinski definition) is 2. The molecule has 1 rings (SSSR count). The van der Waals surface area contributed by atoms with Gasteiger partial charge in [-0.25, -0.2) is 0 Å². The van der Waals surface area contributed by atoms with Crippen LogP contribution in [-0.4, -0.2) is 19.3 Å².